The van der Waals surface area contributed by atoms with Crippen molar-refractivity contribution in [1.29, 1.82) is 0 Å². The molecule has 1 nitrogen and oxygen atoms in total. The minimum atomic E-state index is 0.821. The molecule has 2 aromatic rings. The van der Waals surface area contributed by atoms with E-state index in [1.54, 1.807) is 6.08 Å². The Morgan fingerprint density at radius 2 is 1.28 bits per heavy atom. The lowest BCUT2D eigenvalue weighted by atomic mass is 9.87. The topological polar surface area (TPSA) is 12.0 Å². The second-order valence-electron chi connectivity index (χ2n) is 12.8. The minimum Gasteiger partial charge on any atom is -0.317 e. The fourth-order valence-corrected chi connectivity index (χ4v) is 5.05. The van der Waals surface area contributed by atoms with Crippen LogP contribution in [-0.2, 0) is 12.8 Å². The quantitative estimate of drug-likeness (QED) is 0.238. The van der Waals surface area contributed by atoms with Crippen molar-refractivity contribution in [3.63, 3.8) is 0 Å². The molecule has 46 heavy (non-hydrogen) atoms. The van der Waals surface area contributed by atoms with Crippen LogP contribution in [0.3, 0.4) is 0 Å². The van der Waals surface area contributed by atoms with Gasteiger partial charge in [0, 0.05) is 6.04 Å². The standard InChI is InChI=1S/C17H20.C13H20.C8H17N.C4H8.C3H6/c1-4-14-10-11-17(12-15(14)5-2)16-8-6-13(3)7-9-16;1-7-9-11(5)13(8-2)12(6)10(3)4;1-7-3-5-8(9-2)6-4-7;1-4(2)3;1-3-2/h6-12H,4-5H2,1-3H3;7-9H,1H2,2-6H3;7-9H,3-6H2,1-2H3;1H2,2-3H3;3H,1H2,2H3/b;11-9-,13-8+;;;. The molecule has 0 heterocycles. The number of aryl methyl sites for hydroxylation is 3. The third-order valence-corrected chi connectivity index (χ3v) is 8.01. The third-order valence-electron chi connectivity index (χ3n) is 8.01. The number of hydrogen-bond donors (Lipinski definition) is 1. The Morgan fingerprint density at radius 3 is 1.67 bits per heavy atom. The van der Waals surface area contributed by atoms with Crippen molar-refractivity contribution in [1.82, 2.24) is 5.32 Å². The van der Waals surface area contributed by atoms with Crippen LogP contribution in [0.2, 0.25) is 0 Å². The molecule has 0 aliphatic heterocycles. The molecule has 1 N–H and O–H groups in total. The van der Waals surface area contributed by atoms with E-state index in [-0.39, 0.29) is 0 Å². The molecule has 0 unspecified atom stereocenters. The SMILES string of the molecule is C=C(C)C.C=C/C=C(C)\C(=C/C)C(C)=C(C)C.C=CC.CCc1ccc(-c2ccc(C)cc2)cc1CC.CNC1CCC(C)CC1. The van der Waals surface area contributed by atoms with Crippen LogP contribution < -0.4 is 5.32 Å². The van der Waals surface area contributed by atoms with Crippen LogP contribution in [0.15, 0.2) is 114 Å². The lowest BCUT2D eigenvalue weighted by Crippen LogP contribution is -2.29. The van der Waals surface area contributed by atoms with Gasteiger partial charge in [-0.05, 0) is 153 Å². The predicted octanol–water partition coefficient (Wildman–Crippen LogP) is 13.8. The lowest BCUT2D eigenvalue weighted by molar-refractivity contribution is 0.319. The second-order valence-corrected chi connectivity index (χ2v) is 12.8. The first-order valence-corrected chi connectivity index (χ1v) is 17.4. The Labute approximate surface area is 287 Å². The first-order chi connectivity index (χ1) is 21.8. The molecule has 0 aromatic heterocycles. The summed E-state index contributed by atoms with van der Waals surface area (Å²) >= 11 is 0. The molecule has 0 amide bonds. The zero-order chi connectivity index (χ0) is 35.7. The van der Waals surface area contributed by atoms with Gasteiger partial charge in [-0.2, -0.15) is 0 Å². The Morgan fingerprint density at radius 1 is 0.804 bits per heavy atom. The van der Waals surface area contributed by atoms with Crippen molar-refractivity contribution in [3.05, 3.63) is 131 Å². The van der Waals surface area contributed by atoms with Crippen LogP contribution in [0, 0.1) is 12.8 Å². The molecular formula is C45H71N. The molecule has 1 aliphatic rings. The highest BCUT2D eigenvalue weighted by atomic mass is 14.9. The molecule has 0 radical (unpaired) electrons. The predicted molar refractivity (Wildman–Crippen MR) is 214 cm³/mol. The van der Waals surface area contributed by atoms with Gasteiger partial charge in [0.1, 0.15) is 0 Å². The average molecular weight is 626 g/mol. The molecule has 1 heteroatoms. The van der Waals surface area contributed by atoms with Gasteiger partial charge in [-0.3, -0.25) is 0 Å². The largest absolute Gasteiger partial charge is 0.317 e. The van der Waals surface area contributed by atoms with Crippen LogP contribution in [0.25, 0.3) is 11.1 Å². The van der Waals surface area contributed by atoms with E-state index in [2.05, 4.69) is 143 Å². The van der Waals surface area contributed by atoms with Gasteiger partial charge in [-0.1, -0.05) is 111 Å². The van der Waals surface area contributed by atoms with E-state index in [0.717, 1.165) is 24.8 Å². The highest BCUT2D eigenvalue weighted by molar-refractivity contribution is 5.65. The van der Waals surface area contributed by atoms with E-state index in [1.165, 1.54) is 81.4 Å². The van der Waals surface area contributed by atoms with E-state index in [9.17, 15) is 0 Å². The fraction of sp³-hybridized carbons (Fsp3) is 0.467. The van der Waals surface area contributed by atoms with Crippen molar-refractivity contribution in [2.24, 2.45) is 5.92 Å². The van der Waals surface area contributed by atoms with Crippen molar-refractivity contribution in [2.75, 3.05) is 7.05 Å². The summed E-state index contributed by atoms with van der Waals surface area (Å²) in [6.45, 7) is 36.0. The van der Waals surface area contributed by atoms with Gasteiger partial charge in [-0.15, -0.1) is 13.2 Å². The smallest absolute Gasteiger partial charge is 0.00642 e. The summed E-state index contributed by atoms with van der Waals surface area (Å²) < 4.78 is 0. The zero-order valence-electron chi connectivity index (χ0n) is 32.4. The summed E-state index contributed by atoms with van der Waals surface area (Å²) in [7, 11) is 2.07. The molecule has 0 atom stereocenters. The van der Waals surface area contributed by atoms with Gasteiger partial charge < -0.3 is 5.32 Å². The van der Waals surface area contributed by atoms with E-state index in [4.69, 9.17) is 0 Å². The minimum absolute atomic E-state index is 0.821. The molecule has 3 rings (SSSR count). The highest BCUT2D eigenvalue weighted by Gasteiger charge is 2.15. The summed E-state index contributed by atoms with van der Waals surface area (Å²) in [6.07, 6.45) is 15.6. The molecule has 256 valence electrons. The Bertz CT molecular complexity index is 1220. The van der Waals surface area contributed by atoms with Crippen LogP contribution in [0.5, 0.6) is 0 Å². The van der Waals surface area contributed by atoms with Crippen LogP contribution >= 0.6 is 0 Å². The Hall–Kier alpha value is -3.16. The number of allylic oxidation sites excluding steroid dienone is 9. The summed E-state index contributed by atoms with van der Waals surface area (Å²) in [4.78, 5) is 0. The first kappa shape index (κ1) is 45.0. The van der Waals surface area contributed by atoms with Gasteiger partial charge in [0.2, 0.25) is 0 Å². The van der Waals surface area contributed by atoms with Gasteiger partial charge >= 0.3 is 0 Å². The molecule has 1 fully saturated rings. The van der Waals surface area contributed by atoms with Crippen molar-refractivity contribution in [3.8, 4) is 11.1 Å². The molecule has 0 bridgehead atoms. The van der Waals surface area contributed by atoms with E-state index in [1.807, 2.05) is 32.9 Å². The molecule has 1 saturated carbocycles. The second kappa shape index (κ2) is 27.0. The molecule has 0 saturated heterocycles. The third kappa shape index (κ3) is 20.1. The van der Waals surface area contributed by atoms with Crippen LogP contribution in [0.4, 0.5) is 0 Å². The lowest BCUT2D eigenvalue weighted by Gasteiger charge is -2.25. The van der Waals surface area contributed by atoms with Crippen LogP contribution in [0.1, 0.15) is 119 Å². The summed E-state index contributed by atoms with van der Waals surface area (Å²) in [6, 6.07) is 16.4. The van der Waals surface area contributed by atoms with E-state index < -0.39 is 0 Å². The van der Waals surface area contributed by atoms with Gasteiger partial charge in [0.15, 0.2) is 0 Å². The van der Waals surface area contributed by atoms with E-state index in [0.29, 0.717) is 0 Å². The Kier molecular flexibility index (Phi) is 26.4. The maximum absolute atomic E-state index is 3.70. The highest BCUT2D eigenvalue weighted by Crippen LogP contribution is 2.25. The molecule has 0 spiro atoms. The monoisotopic (exact) mass is 626 g/mol. The normalized spacial score (nSPS) is 15.5. The maximum Gasteiger partial charge on any atom is 0.00642 e. The first-order valence-electron chi connectivity index (χ1n) is 17.4. The number of rotatable bonds is 7. The van der Waals surface area contributed by atoms with Crippen molar-refractivity contribution >= 4 is 0 Å². The van der Waals surface area contributed by atoms with Gasteiger partial charge in [0.25, 0.3) is 0 Å². The summed E-state index contributed by atoms with van der Waals surface area (Å²) in [5.74, 6) is 0.981. The number of benzene rings is 2. The average Bonchev–Trinajstić information content (AvgIpc) is 3.02. The molecule has 1 aliphatic carbocycles. The number of hydrogen-bond acceptors (Lipinski definition) is 1. The summed E-state index contributed by atoms with van der Waals surface area (Å²) in [5.41, 5.74) is 13.4. The van der Waals surface area contributed by atoms with Gasteiger partial charge in [-0.25, -0.2) is 0 Å². The van der Waals surface area contributed by atoms with Gasteiger partial charge in [0.05, 0.1) is 0 Å². The Balaban J connectivity index is 0. The molecular weight excluding hydrogens is 555 g/mol. The van der Waals surface area contributed by atoms with E-state index >= 15 is 0 Å². The van der Waals surface area contributed by atoms with Crippen LogP contribution in [-0.4, -0.2) is 13.1 Å². The van der Waals surface area contributed by atoms with Crippen molar-refractivity contribution in [2.45, 2.75) is 128 Å². The maximum atomic E-state index is 3.70. The zero-order valence-corrected chi connectivity index (χ0v) is 32.4. The molecule has 2 aromatic carbocycles. The number of nitrogens with one attached hydrogen (secondary N) is 1. The summed E-state index contributed by atoms with van der Waals surface area (Å²) in [5, 5.41) is 3.32. The van der Waals surface area contributed by atoms with Crippen molar-refractivity contribution < 1.29 is 0 Å². The fourth-order valence-electron chi connectivity index (χ4n) is 5.05.